The lowest BCUT2D eigenvalue weighted by molar-refractivity contribution is 0.332. The Morgan fingerprint density at radius 2 is 1.80 bits per heavy atom. The van der Waals surface area contributed by atoms with Crippen LogP contribution in [0.1, 0.15) is 0 Å². The third-order valence-corrected chi connectivity index (χ3v) is 2.38. The molecule has 2 rings (SSSR count). The van der Waals surface area contributed by atoms with E-state index in [2.05, 4.69) is 4.52 Å². The summed E-state index contributed by atoms with van der Waals surface area (Å²) in [5, 5.41) is 1.43. The molecule has 2 aromatic rings. The Hall–Kier alpha value is -1.38. The molecule has 78 valence electrons. The van der Waals surface area contributed by atoms with E-state index in [1.165, 1.54) is 6.07 Å². The summed E-state index contributed by atoms with van der Waals surface area (Å²) in [6.45, 7) is 0. The van der Waals surface area contributed by atoms with E-state index in [1.54, 1.807) is 18.2 Å². The van der Waals surface area contributed by atoms with Gasteiger partial charge in [-0.05, 0) is 11.5 Å². The van der Waals surface area contributed by atoms with Crippen LogP contribution >= 0.6 is 7.91 Å². The van der Waals surface area contributed by atoms with Crippen LogP contribution in [0.2, 0.25) is 0 Å². The second-order valence-corrected chi connectivity index (χ2v) is 4.11. The van der Waals surface area contributed by atoms with E-state index in [0.29, 0.717) is 5.39 Å². The molecule has 0 amide bonds. The molecule has 5 heteroatoms. The number of hydrogen-bond acceptors (Lipinski definition) is 2. The number of benzene rings is 2. The van der Waals surface area contributed by atoms with Crippen molar-refractivity contribution in [3.05, 3.63) is 42.5 Å². The standard InChI is InChI=1S/C10H8FO3P/c11-15(12,13)14-10-7-3-5-8-4-1-2-6-9(8)10/h1-7H,(H,12,13). The molecule has 0 spiro atoms. The maximum Gasteiger partial charge on any atom is 0.567 e. The lowest BCUT2D eigenvalue weighted by Gasteiger charge is -2.07. The lowest BCUT2D eigenvalue weighted by atomic mass is 10.1. The smallest absolute Gasteiger partial charge is 0.400 e. The third-order valence-electron chi connectivity index (χ3n) is 1.96. The first-order chi connectivity index (χ1) is 7.06. The number of fused-ring (bicyclic) bond motifs is 1. The summed E-state index contributed by atoms with van der Waals surface area (Å²) in [6, 6.07) is 12.0. The van der Waals surface area contributed by atoms with Gasteiger partial charge in [0.15, 0.2) is 0 Å². The zero-order chi connectivity index (χ0) is 10.9. The average molecular weight is 226 g/mol. The van der Waals surface area contributed by atoms with Crippen LogP contribution in [0, 0.1) is 0 Å². The van der Waals surface area contributed by atoms with Gasteiger partial charge in [-0.1, -0.05) is 36.4 Å². The molecule has 0 aliphatic heterocycles. The zero-order valence-corrected chi connectivity index (χ0v) is 8.52. The normalized spacial score (nSPS) is 14.8. The third kappa shape index (κ3) is 2.35. The number of halogens is 1. The van der Waals surface area contributed by atoms with Crippen LogP contribution in [0.5, 0.6) is 5.75 Å². The van der Waals surface area contributed by atoms with Crippen molar-refractivity contribution in [2.75, 3.05) is 0 Å². The van der Waals surface area contributed by atoms with Gasteiger partial charge in [0.1, 0.15) is 5.75 Å². The van der Waals surface area contributed by atoms with Crippen molar-refractivity contribution in [2.45, 2.75) is 0 Å². The Kier molecular flexibility index (Phi) is 2.47. The highest BCUT2D eigenvalue weighted by Gasteiger charge is 2.20. The van der Waals surface area contributed by atoms with Gasteiger partial charge in [0.2, 0.25) is 0 Å². The first kappa shape index (κ1) is 10.1. The SMILES string of the molecule is O=P(O)(F)Oc1cccc2ccccc12. The van der Waals surface area contributed by atoms with Gasteiger partial charge in [0.05, 0.1) is 0 Å². The van der Waals surface area contributed by atoms with E-state index in [1.807, 2.05) is 18.2 Å². The van der Waals surface area contributed by atoms with Crippen LogP contribution in [0.15, 0.2) is 42.5 Å². The first-order valence-electron chi connectivity index (χ1n) is 4.26. The molecule has 0 fully saturated rings. The maximum atomic E-state index is 12.5. The Morgan fingerprint density at radius 1 is 1.13 bits per heavy atom. The Balaban J connectivity index is 2.56. The van der Waals surface area contributed by atoms with Gasteiger partial charge >= 0.3 is 7.91 Å². The zero-order valence-electron chi connectivity index (χ0n) is 7.63. The fraction of sp³-hybridized carbons (Fsp3) is 0. The highest BCUT2D eigenvalue weighted by atomic mass is 31.2. The molecular weight excluding hydrogens is 218 g/mol. The van der Waals surface area contributed by atoms with Crippen LogP contribution in [-0.2, 0) is 4.57 Å². The van der Waals surface area contributed by atoms with Gasteiger partial charge in [-0.2, -0.15) is 0 Å². The molecule has 0 bridgehead atoms. The first-order valence-corrected chi connectivity index (χ1v) is 5.73. The molecule has 0 radical (unpaired) electrons. The molecule has 0 aliphatic rings. The summed E-state index contributed by atoms with van der Waals surface area (Å²) in [5.41, 5.74) is 0. The van der Waals surface area contributed by atoms with Crippen LogP contribution < -0.4 is 4.52 Å². The van der Waals surface area contributed by atoms with Gasteiger partial charge in [-0.15, -0.1) is 4.20 Å². The molecular formula is C10H8FO3P. The average Bonchev–Trinajstić information content (AvgIpc) is 2.16. The minimum Gasteiger partial charge on any atom is -0.400 e. The molecule has 1 N–H and O–H groups in total. The van der Waals surface area contributed by atoms with Gasteiger partial charge in [0, 0.05) is 5.39 Å². The predicted octanol–water partition coefficient (Wildman–Crippen LogP) is 3.29. The molecule has 15 heavy (non-hydrogen) atoms. The van der Waals surface area contributed by atoms with Crippen LogP contribution in [-0.4, -0.2) is 4.89 Å². The van der Waals surface area contributed by atoms with Crippen LogP contribution in [0.4, 0.5) is 4.20 Å². The molecule has 3 nitrogen and oxygen atoms in total. The minimum atomic E-state index is -4.99. The minimum absolute atomic E-state index is 0.0708. The summed E-state index contributed by atoms with van der Waals surface area (Å²) < 4.78 is 27.3. The molecule has 0 saturated heterocycles. The number of hydrogen-bond donors (Lipinski definition) is 1. The predicted molar refractivity (Wildman–Crippen MR) is 55.5 cm³/mol. The van der Waals surface area contributed by atoms with Gasteiger partial charge in [-0.3, -0.25) is 4.89 Å². The van der Waals surface area contributed by atoms with Crippen molar-refractivity contribution in [1.82, 2.24) is 0 Å². The fourth-order valence-electron chi connectivity index (χ4n) is 1.40. The Labute approximate surface area is 85.8 Å². The number of rotatable bonds is 2. The van der Waals surface area contributed by atoms with E-state index in [9.17, 15) is 8.76 Å². The largest absolute Gasteiger partial charge is 0.567 e. The fourth-order valence-corrected chi connectivity index (χ4v) is 1.80. The van der Waals surface area contributed by atoms with Gasteiger partial charge in [0.25, 0.3) is 0 Å². The van der Waals surface area contributed by atoms with Crippen LogP contribution in [0.25, 0.3) is 10.8 Å². The summed E-state index contributed by atoms with van der Waals surface area (Å²) in [4.78, 5) is 8.50. The van der Waals surface area contributed by atoms with Crippen LogP contribution in [0.3, 0.4) is 0 Å². The molecule has 0 saturated carbocycles. The van der Waals surface area contributed by atoms with E-state index >= 15 is 0 Å². The molecule has 2 aromatic carbocycles. The second kappa shape index (κ2) is 3.65. The summed E-state index contributed by atoms with van der Waals surface area (Å²) in [6.07, 6.45) is 0. The summed E-state index contributed by atoms with van der Waals surface area (Å²) in [7, 11) is -4.99. The van der Waals surface area contributed by atoms with Crippen molar-refractivity contribution >= 4 is 18.7 Å². The second-order valence-electron chi connectivity index (χ2n) is 3.02. The topological polar surface area (TPSA) is 46.5 Å². The van der Waals surface area contributed by atoms with Crippen molar-refractivity contribution in [3.63, 3.8) is 0 Å². The molecule has 1 atom stereocenters. The Morgan fingerprint density at radius 3 is 2.53 bits per heavy atom. The maximum absolute atomic E-state index is 12.5. The summed E-state index contributed by atoms with van der Waals surface area (Å²) in [5.74, 6) is 0.0708. The van der Waals surface area contributed by atoms with E-state index in [0.717, 1.165) is 5.39 Å². The van der Waals surface area contributed by atoms with E-state index in [4.69, 9.17) is 4.89 Å². The molecule has 1 unspecified atom stereocenters. The lowest BCUT2D eigenvalue weighted by Crippen LogP contribution is -1.87. The van der Waals surface area contributed by atoms with E-state index < -0.39 is 7.91 Å². The van der Waals surface area contributed by atoms with E-state index in [-0.39, 0.29) is 5.75 Å². The monoisotopic (exact) mass is 226 g/mol. The Bertz CT molecular complexity index is 530. The quantitative estimate of drug-likeness (QED) is 0.799. The van der Waals surface area contributed by atoms with Gasteiger partial charge in [-0.25, -0.2) is 4.57 Å². The van der Waals surface area contributed by atoms with Crippen molar-refractivity contribution in [3.8, 4) is 5.75 Å². The highest BCUT2D eigenvalue weighted by Crippen LogP contribution is 2.45. The van der Waals surface area contributed by atoms with Crippen molar-refractivity contribution < 1.29 is 18.2 Å². The van der Waals surface area contributed by atoms with Gasteiger partial charge < -0.3 is 4.52 Å². The summed E-state index contributed by atoms with van der Waals surface area (Å²) >= 11 is 0. The van der Waals surface area contributed by atoms with Crippen molar-refractivity contribution in [2.24, 2.45) is 0 Å². The van der Waals surface area contributed by atoms with Crippen molar-refractivity contribution in [1.29, 1.82) is 0 Å². The molecule has 0 heterocycles. The highest BCUT2D eigenvalue weighted by molar-refractivity contribution is 7.47. The molecule has 0 aromatic heterocycles. The molecule has 0 aliphatic carbocycles.